The van der Waals surface area contributed by atoms with Crippen molar-refractivity contribution in [1.29, 1.82) is 0 Å². The number of carbonyl (C=O) groups is 2. The lowest BCUT2D eigenvalue weighted by atomic mass is 10.1. The van der Waals surface area contributed by atoms with Crippen LogP contribution in [0, 0.1) is 6.92 Å². The predicted molar refractivity (Wildman–Crippen MR) is 121 cm³/mol. The second-order valence-electron chi connectivity index (χ2n) is 8.28. The van der Waals surface area contributed by atoms with Crippen LogP contribution in [0.4, 0.5) is 0 Å². The summed E-state index contributed by atoms with van der Waals surface area (Å²) in [6.45, 7) is 4.18. The second-order valence-corrected chi connectivity index (χ2v) is 10.2. The van der Waals surface area contributed by atoms with E-state index in [0.717, 1.165) is 12.8 Å². The van der Waals surface area contributed by atoms with Crippen LogP contribution < -0.4 is 4.74 Å². The number of para-hydroxylation sites is 1. The van der Waals surface area contributed by atoms with Gasteiger partial charge in [0.05, 0.1) is 12.7 Å². The number of ether oxygens (including phenoxy) is 1. The topological polar surface area (TPSA) is 100 Å². The lowest BCUT2D eigenvalue weighted by molar-refractivity contribution is 0.0698. The van der Waals surface area contributed by atoms with E-state index in [-0.39, 0.29) is 28.2 Å². The number of aryl methyl sites for hydroxylation is 1. The van der Waals surface area contributed by atoms with Gasteiger partial charge in [0.1, 0.15) is 16.4 Å². The van der Waals surface area contributed by atoms with Gasteiger partial charge in [-0.1, -0.05) is 12.1 Å². The fourth-order valence-corrected chi connectivity index (χ4v) is 6.04. The Labute approximate surface area is 193 Å². The number of rotatable bonds is 5. The molecule has 2 aromatic rings. The minimum Gasteiger partial charge on any atom is -0.496 e. The molecule has 1 aromatic heterocycles. The molecule has 9 nitrogen and oxygen atoms in total. The molecule has 1 aromatic carbocycles. The normalized spacial score (nSPS) is 17.8. The maximum absolute atomic E-state index is 13.1. The summed E-state index contributed by atoms with van der Waals surface area (Å²) in [4.78, 5) is 29.5. The zero-order chi connectivity index (χ0) is 23.6. The van der Waals surface area contributed by atoms with Crippen LogP contribution in [0.2, 0.25) is 0 Å². The molecule has 0 saturated carbocycles. The van der Waals surface area contributed by atoms with E-state index in [1.54, 1.807) is 34.9 Å². The third-order valence-corrected chi connectivity index (χ3v) is 8.18. The monoisotopic (exact) mass is 475 g/mol. The Bertz CT molecular complexity index is 1140. The number of hydrogen-bond acceptors (Lipinski definition) is 6. The van der Waals surface area contributed by atoms with Gasteiger partial charge >= 0.3 is 0 Å². The van der Waals surface area contributed by atoms with Gasteiger partial charge in [-0.15, -0.1) is 0 Å². The van der Waals surface area contributed by atoms with Gasteiger partial charge in [0.2, 0.25) is 10.0 Å². The van der Waals surface area contributed by atoms with E-state index < -0.39 is 10.0 Å². The molecule has 33 heavy (non-hydrogen) atoms. The number of methoxy groups -OCH3 is 1. The van der Waals surface area contributed by atoms with Gasteiger partial charge in [-0.25, -0.2) is 8.42 Å². The summed E-state index contributed by atoms with van der Waals surface area (Å²) < 4.78 is 38.2. The minimum atomic E-state index is -3.67. The van der Waals surface area contributed by atoms with E-state index in [2.05, 4.69) is 0 Å². The molecule has 2 amide bonds. The highest BCUT2D eigenvalue weighted by Gasteiger charge is 2.33. The number of nitrogens with zero attached hydrogens (tertiary/aromatic N) is 3. The summed E-state index contributed by atoms with van der Waals surface area (Å²) in [5, 5.41) is 0. The number of carbonyl (C=O) groups excluding carboxylic acids is 2. The van der Waals surface area contributed by atoms with E-state index in [0.29, 0.717) is 57.0 Å². The maximum Gasteiger partial charge on any atom is 0.289 e. The molecule has 2 aliphatic heterocycles. The summed E-state index contributed by atoms with van der Waals surface area (Å²) in [5.74, 6) is 0.224. The number of furan rings is 1. The van der Waals surface area contributed by atoms with Crippen molar-refractivity contribution < 1.29 is 27.2 Å². The van der Waals surface area contributed by atoms with Gasteiger partial charge in [0.15, 0.2) is 5.76 Å². The van der Waals surface area contributed by atoms with Crippen molar-refractivity contribution >= 4 is 21.8 Å². The molecule has 0 N–H and O–H groups in total. The molecule has 10 heteroatoms. The Balaban J connectivity index is 1.47. The van der Waals surface area contributed by atoms with Gasteiger partial charge in [0, 0.05) is 45.3 Å². The Hall–Kier alpha value is -2.85. The second kappa shape index (κ2) is 9.56. The zero-order valence-corrected chi connectivity index (χ0v) is 19.8. The highest BCUT2D eigenvalue weighted by atomic mass is 32.2. The smallest absolute Gasteiger partial charge is 0.289 e. The van der Waals surface area contributed by atoms with Gasteiger partial charge in [0.25, 0.3) is 11.8 Å². The Morgan fingerprint density at radius 3 is 2.21 bits per heavy atom. The summed E-state index contributed by atoms with van der Waals surface area (Å²) in [6.07, 6.45) is 2.27. The highest BCUT2D eigenvalue weighted by Crippen LogP contribution is 2.27. The van der Waals surface area contributed by atoms with Crippen molar-refractivity contribution in [2.24, 2.45) is 0 Å². The van der Waals surface area contributed by atoms with E-state index in [4.69, 9.17) is 9.15 Å². The van der Waals surface area contributed by atoms with Crippen molar-refractivity contribution in [3.05, 3.63) is 47.4 Å². The molecule has 0 unspecified atom stereocenters. The lowest BCUT2D eigenvalue weighted by Gasteiger charge is -2.22. The molecule has 0 bridgehead atoms. The van der Waals surface area contributed by atoms with Crippen molar-refractivity contribution in [3.8, 4) is 5.75 Å². The number of sulfonamides is 1. The average molecular weight is 476 g/mol. The van der Waals surface area contributed by atoms with Crippen LogP contribution in [0.25, 0.3) is 0 Å². The highest BCUT2D eigenvalue weighted by molar-refractivity contribution is 7.89. The molecule has 2 saturated heterocycles. The third-order valence-electron chi connectivity index (χ3n) is 6.17. The molecular weight excluding hydrogens is 446 g/mol. The van der Waals surface area contributed by atoms with Crippen LogP contribution in [0.15, 0.2) is 39.6 Å². The quantitative estimate of drug-likeness (QED) is 0.658. The Kier molecular flexibility index (Phi) is 6.76. The molecule has 0 atom stereocenters. The fraction of sp³-hybridized carbons (Fsp3) is 0.478. The molecule has 178 valence electrons. The largest absolute Gasteiger partial charge is 0.496 e. The predicted octanol–water partition coefficient (Wildman–Crippen LogP) is 2.37. The van der Waals surface area contributed by atoms with Crippen LogP contribution in [0.3, 0.4) is 0 Å². The van der Waals surface area contributed by atoms with E-state index in [9.17, 15) is 18.0 Å². The van der Waals surface area contributed by atoms with Gasteiger partial charge < -0.3 is 19.0 Å². The molecule has 0 spiro atoms. The standard InChI is InChI=1S/C23H29N3O6S/c1-17-21(33(29,30)26-12-5-6-13-26)16-20(32-17)23(28)25-11-7-10-24(14-15-25)22(27)18-8-3-4-9-19(18)31-2/h3-4,8-9,16H,5-7,10-15H2,1-2H3. The summed E-state index contributed by atoms with van der Waals surface area (Å²) in [5.41, 5.74) is 0.484. The lowest BCUT2D eigenvalue weighted by Crippen LogP contribution is -2.37. The van der Waals surface area contributed by atoms with Gasteiger partial charge in [-0.2, -0.15) is 4.31 Å². The Morgan fingerprint density at radius 1 is 0.909 bits per heavy atom. The van der Waals surface area contributed by atoms with E-state index in [1.807, 2.05) is 6.07 Å². The fourth-order valence-electron chi connectivity index (χ4n) is 4.37. The first kappa shape index (κ1) is 23.3. The first-order valence-corrected chi connectivity index (χ1v) is 12.6. The number of amides is 2. The van der Waals surface area contributed by atoms with Crippen molar-refractivity contribution in [2.45, 2.75) is 31.1 Å². The zero-order valence-electron chi connectivity index (χ0n) is 19.0. The summed E-state index contributed by atoms with van der Waals surface area (Å²) >= 11 is 0. The molecular formula is C23H29N3O6S. The van der Waals surface area contributed by atoms with Crippen LogP contribution in [0.5, 0.6) is 5.75 Å². The van der Waals surface area contributed by atoms with Crippen LogP contribution in [0.1, 0.15) is 45.9 Å². The average Bonchev–Trinajstić information content (AvgIpc) is 3.43. The minimum absolute atomic E-state index is 0.00905. The number of benzene rings is 1. The summed E-state index contributed by atoms with van der Waals surface area (Å²) in [7, 11) is -2.15. The van der Waals surface area contributed by atoms with E-state index >= 15 is 0 Å². The molecule has 4 rings (SSSR count). The maximum atomic E-state index is 13.1. The van der Waals surface area contributed by atoms with Crippen LogP contribution in [-0.2, 0) is 10.0 Å². The SMILES string of the molecule is COc1ccccc1C(=O)N1CCCN(C(=O)c2cc(S(=O)(=O)N3CCCC3)c(C)o2)CC1. The van der Waals surface area contributed by atoms with Crippen LogP contribution >= 0.6 is 0 Å². The molecule has 2 fully saturated rings. The van der Waals surface area contributed by atoms with Crippen molar-refractivity contribution in [2.75, 3.05) is 46.4 Å². The molecule has 0 aliphatic carbocycles. The molecule has 0 radical (unpaired) electrons. The van der Waals surface area contributed by atoms with Gasteiger partial charge in [-0.05, 0) is 38.3 Å². The van der Waals surface area contributed by atoms with E-state index in [1.165, 1.54) is 17.5 Å². The van der Waals surface area contributed by atoms with Crippen molar-refractivity contribution in [1.82, 2.24) is 14.1 Å². The Morgan fingerprint density at radius 2 is 1.55 bits per heavy atom. The van der Waals surface area contributed by atoms with Crippen molar-refractivity contribution in [3.63, 3.8) is 0 Å². The first-order chi connectivity index (χ1) is 15.8. The number of hydrogen-bond donors (Lipinski definition) is 0. The molecule has 2 aliphatic rings. The third kappa shape index (κ3) is 4.63. The van der Waals surface area contributed by atoms with Gasteiger partial charge in [-0.3, -0.25) is 9.59 Å². The van der Waals surface area contributed by atoms with Crippen LogP contribution in [-0.4, -0.2) is 80.7 Å². The summed E-state index contributed by atoms with van der Waals surface area (Å²) in [6, 6.07) is 8.41. The first-order valence-electron chi connectivity index (χ1n) is 11.1. The molecule has 3 heterocycles.